The molecule has 2 aromatic rings. The number of oxazole rings is 1. The van der Waals surface area contributed by atoms with Gasteiger partial charge in [0.25, 0.3) is 0 Å². The van der Waals surface area contributed by atoms with Gasteiger partial charge in [0.15, 0.2) is 11.7 Å². The second kappa shape index (κ2) is 7.37. The normalized spacial score (nSPS) is 17.3. The highest BCUT2D eigenvalue weighted by Gasteiger charge is 2.16. The van der Waals surface area contributed by atoms with E-state index in [1.165, 1.54) is 12.3 Å². The SMILES string of the molecule is O=C(CCc1ncc(-c2ccccc2F)o1)NCC1CCCO1. The molecule has 6 heteroatoms. The van der Waals surface area contributed by atoms with Gasteiger partial charge in [-0.2, -0.15) is 0 Å². The van der Waals surface area contributed by atoms with Crippen LogP contribution in [0, 0.1) is 5.82 Å². The van der Waals surface area contributed by atoms with Gasteiger partial charge in [0.05, 0.1) is 17.9 Å². The van der Waals surface area contributed by atoms with Gasteiger partial charge in [-0.25, -0.2) is 9.37 Å². The minimum atomic E-state index is -0.357. The van der Waals surface area contributed by atoms with Crippen molar-refractivity contribution in [3.63, 3.8) is 0 Å². The Morgan fingerprint density at radius 1 is 1.39 bits per heavy atom. The van der Waals surface area contributed by atoms with Crippen molar-refractivity contribution >= 4 is 5.91 Å². The first-order valence-corrected chi connectivity index (χ1v) is 7.80. The Kier molecular flexibility index (Phi) is 5.02. The second-order valence-corrected chi connectivity index (χ2v) is 5.54. The van der Waals surface area contributed by atoms with Crippen molar-refractivity contribution < 1.29 is 18.3 Å². The second-order valence-electron chi connectivity index (χ2n) is 5.54. The number of benzene rings is 1. The van der Waals surface area contributed by atoms with Gasteiger partial charge in [0, 0.05) is 26.0 Å². The maximum atomic E-state index is 13.7. The molecule has 0 spiro atoms. The third-order valence-electron chi connectivity index (χ3n) is 3.81. The summed E-state index contributed by atoms with van der Waals surface area (Å²) >= 11 is 0. The molecule has 1 atom stereocenters. The summed E-state index contributed by atoms with van der Waals surface area (Å²) in [6.07, 6.45) is 4.32. The third kappa shape index (κ3) is 4.16. The molecule has 1 saturated heterocycles. The van der Waals surface area contributed by atoms with Crippen LogP contribution in [0.25, 0.3) is 11.3 Å². The van der Waals surface area contributed by atoms with E-state index in [0.29, 0.717) is 30.2 Å². The number of nitrogens with one attached hydrogen (secondary N) is 1. The van der Waals surface area contributed by atoms with E-state index in [1.807, 2.05) is 0 Å². The number of aromatic nitrogens is 1. The van der Waals surface area contributed by atoms with Crippen LogP contribution in [-0.4, -0.2) is 30.1 Å². The fourth-order valence-electron chi connectivity index (χ4n) is 2.55. The smallest absolute Gasteiger partial charge is 0.220 e. The average Bonchev–Trinajstić information content (AvgIpc) is 3.23. The van der Waals surface area contributed by atoms with E-state index >= 15 is 0 Å². The molecule has 5 nitrogen and oxygen atoms in total. The molecule has 1 N–H and O–H groups in total. The highest BCUT2D eigenvalue weighted by atomic mass is 19.1. The zero-order valence-electron chi connectivity index (χ0n) is 12.8. The fraction of sp³-hybridized carbons (Fsp3) is 0.412. The molecule has 0 radical (unpaired) electrons. The molecule has 122 valence electrons. The van der Waals surface area contributed by atoms with Gasteiger partial charge >= 0.3 is 0 Å². The largest absolute Gasteiger partial charge is 0.441 e. The van der Waals surface area contributed by atoms with Crippen LogP contribution in [0.4, 0.5) is 4.39 Å². The average molecular weight is 318 g/mol. The van der Waals surface area contributed by atoms with Crippen molar-refractivity contribution in [3.05, 3.63) is 42.2 Å². The summed E-state index contributed by atoms with van der Waals surface area (Å²) in [5.74, 6) is 0.379. The molecule has 0 aliphatic carbocycles. The third-order valence-corrected chi connectivity index (χ3v) is 3.81. The van der Waals surface area contributed by atoms with Crippen molar-refractivity contribution in [2.75, 3.05) is 13.2 Å². The lowest BCUT2D eigenvalue weighted by atomic mass is 10.2. The van der Waals surface area contributed by atoms with Crippen LogP contribution in [0.15, 0.2) is 34.9 Å². The molecule has 0 bridgehead atoms. The van der Waals surface area contributed by atoms with Crippen LogP contribution in [0.3, 0.4) is 0 Å². The van der Waals surface area contributed by atoms with Crippen LogP contribution in [-0.2, 0) is 16.0 Å². The van der Waals surface area contributed by atoms with Crippen molar-refractivity contribution in [3.8, 4) is 11.3 Å². The lowest BCUT2D eigenvalue weighted by Gasteiger charge is -2.10. The van der Waals surface area contributed by atoms with Crippen molar-refractivity contribution in [2.24, 2.45) is 0 Å². The van der Waals surface area contributed by atoms with Gasteiger partial charge in [-0.1, -0.05) is 12.1 Å². The van der Waals surface area contributed by atoms with Crippen LogP contribution in [0.5, 0.6) is 0 Å². The van der Waals surface area contributed by atoms with Gasteiger partial charge in [-0.15, -0.1) is 0 Å². The van der Waals surface area contributed by atoms with Gasteiger partial charge in [0.1, 0.15) is 5.82 Å². The number of rotatable bonds is 6. The molecule has 1 unspecified atom stereocenters. The fourth-order valence-corrected chi connectivity index (χ4v) is 2.55. The number of halogens is 1. The molecule has 2 heterocycles. The monoisotopic (exact) mass is 318 g/mol. The Labute approximate surface area is 133 Å². The predicted molar refractivity (Wildman–Crippen MR) is 82.2 cm³/mol. The molecular formula is C17H19FN2O3. The van der Waals surface area contributed by atoms with Crippen molar-refractivity contribution in [1.29, 1.82) is 0 Å². The van der Waals surface area contributed by atoms with Gasteiger partial charge in [0.2, 0.25) is 5.91 Å². The molecular weight excluding hydrogens is 299 g/mol. The highest BCUT2D eigenvalue weighted by Crippen LogP contribution is 2.23. The molecule has 0 saturated carbocycles. The quantitative estimate of drug-likeness (QED) is 0.889. The summed E-state index contributed by atoms with van der Waals surface area (Å²) in [5.41, 5.74) is 0.370. The number of carbonyl (C=O) groups excluding carboxylic acids is 1. The zero-order valence-corrected chi connectivity index (χ0v) is 12.8. The molecule has 1 aliphatic rings. The topological polar surface area (TPSA) is 64.4 Å². The first-order valence-electron chi connectivity index (χ1n) is 7.80. The minimum absolute atomic E-state index is 0.0638. The van der Waals surface area contributed by atoms with Crippen LogP contribution >= 0.6 is 0 Å². The maximum Gasteiger partial charge on any atom is 0.220 e. The summed E-state index contributed by atoms with van der Waals surface area (Å²) in [6.45, 7) is 1.32. The van der Waals surface area contributed by atoms with Crippen LogP contribution in [0.2, 0.25) is 0 Å². The number of hydrogen-bond acceptors (Lipinski definition) is 4. The van der Waals surface area contributed by atoms with E-state index in [0.717, 1.165) is 19.4 Å². The lowest BCUT2D eigenvalue weighted by molar-refractivity contribution is -0.121. The number of hydrogen-bond donors (Lipinski definition) is 1. The Morgan fingerprint density at radius 3 is 3.04 bits per heavy atom. The maximum absolute atomic E-state index is 13.7. The van der Waals surface area contributed by atoms with Crippen LogP contribution in [0.1, 0.15) is 25.2 Å². The molecule has 3 rings (SSSR count). The van der Waals surface area contributed by atoms with E-state index in [1.54, 1.807) is 18.2 Å². The summed E-state index contributed by atoms with van der Waals surface area (Å²) in [6, 6.07) is 6.36. The molecule has 1 aliphatic heterocycles. The summed E-state index contributed by atoms with van der Waals surface area (Å²) in [4.78, 5) is 15.9. The summed E-state index contributed by atoms with van der Waals surface area (Å²) in [7, 11) is 0. The van der Waals surface area contributed by atoms with E-state index in [9.17, 15) is 9.18 Å². The first kappa shape index (κ1) is 15.7. The zero-order chi connectivity index (χ0) is 16.1. The van der Waals surface area contributed by atoms with E-state index < -0.39 is 0 Å². The Morgan fingerprint density at radius 2 is 2.26 bits per heavy atom. The van der Waals surface area contributed by atoms with Crippen molar-refractivity contribution in [1.82, 2.24) is 10.3 Å². The van der Waals surface area contributed by atoms with Gasteiger partial charge in [-0.05, 0) is 25.0 Å². The molecule has 1 fully saturated rings. The van der Waals surface area contributed by atoms with E-state index in [-0.39, 0.29) is 24.2 Å². The Hall–Kier alpha value is -2.21. The van der Waals surface area contributed by atoms with E-state index in [4.69, 9.17) is 9.15 Å². The predicted octanol–water partition coefficient (Wildman–Crippen LogP) is 2.71. The number of ether oxygens (including phenoxy) is 1. The minimum Gasteiger partial charge on any atom is -0.441 e. The highest BCUT2D eigenvalue weighted by molar-refractivity contribution is 5.76. The summed E-state index contributed by atoms with van der Waals surface area (Å²) < 4.78 is 24.7. The Balaban J connectivity index is 1.49. The molecule has 1 aromatic carbocycles. The molecule has 1 aromatic heterocycles. The van der Waals surface area contributed by atoms with Gasteiger partial charge in [-0.3, -0.25) is 4.79 Å². The van der Waals surface area contributed by atoms with Gasteiger partial charge < -0.3 is 14.5 Å². The Bertz CT molecular complexity index is 665. The summed E-state index contributed by atoms with van der Waals surface area (Å²) in [5, 5.41) is 2.85. The van der Waals surface area contributed by atoms with Crippen molar-refractivity contribution in [2.45, 2.75) is 31.8 Å². The van der Waals surface area contributed by atoms with Crippen LogP contribution < -0.4 is 5.32 Å². The van der Waals surface area contributed by atoms with E-state index in [2.05, 4.69) is 10.3 Å². The molecule has 23 heavy (non-hydrogen) atoms. The number of carbonyl (C=O) groups is 1. The number of aryl methyl sites for hydroxylation is 1. The first-order chi connectivity index (χ1) is 11.2. The lowest BCUT2D eigenvalue weighted by Crippen LogP contribution is -2.31. The number of amides is 1. The molecule has 1 amide bonds. The standard InChI is InChI=1S/C17H19FN2O3/c18-14-6-2-1-5-13(14)15-11-20-17(23-15)8-7-16(21)19-10-12-4-3-9-22-12/h1-2,5-6,11-12H,3-4,7-10H2,(H,19,21). The number of nitrogens with zero attached hydrogens (tertiary/aromatic N) is 1.